The largest absolute Gasteiger partial charge is 0.416 e. The molecule has 1 aliphatic heterocycles. The van der Waals surface area contributed by atoms with Crippen molar-refractivity contribution in [1.82, 2.24) is 0 Å². The predicted molar refractivity (Wildman–Crippen MR) is 63.7 cm³/mol. The van der Waals surface area contributed by atoms with Gasteiger partial charge in [0, 0.05) is 6.61 Å². The Bertz CT molecular complexity index is 558. The first-order valence-corrected chi connectivity index (χ1v) is 5.92. The summed E-state index contributed by atoms with van der Waals surface area (Å²) >= 11 is 0. The molecule has 2 rings (SSSR count). The van der Waals surface area contributed by atoms with Gasteiger partial charge in [-0.25, -0.2) is 0 Å². The minimum atomic E-state index is -4.52. The fourth-order valence-corrected chi connectivity index (χ4v) is 1.90. The van der Waals surface area contributed by atoms with Gasteiger partial charge in [-0.2, -0.15) is 18.4 Å². The lowest BCUT2D eigenvalue weighted by Crippen LogP contribution is -2.23. The number of hydrogen-bond acceptors (Lipinski definition) is 3. The van der Waals surface area contributed by atoms with Crippen LogP contribution in [0.3, 0.4) is 0 Å². The van der Waals surface area contributed by atoms with E-state index in [1.54, 1.807) is 6.07 Å². The summed E-state index contributed by atoms with van der Waals surface area (Å²) in [5.41, 5.74) is -1.05. The van der Waals surface area contributed by atoms with Gasteiger partial charge in [0.25, 0.3) is 0 Å². The Morgan fingerprint density at radius 3 is 2.75 bits per heavy atom. The number of rotatable bonds is 2. The molecule has 1 aliphatic rings. The molecule has 0 saturated carbocycles. The molecule has 106 valence electrons. The number of nitrogens with one attached hydrogen (secondary N) is 1. The second-order valence-corrected chi connectivity index (χ2v) is 4.42. The van der Waals surface area contributed by atoms with Gasteiger partial charge in [0.1, 0.15) is 6.07 Å². The second-order valence-electron chi connectivity index (χ2n) is 4.42. The van der Waals surface area contributed by atoms with E-state index >= 15 is 0 Å². The Morgan fingerprint density at radius 1 is 1.45 bits per heavy atom. The summed E-state index contributed by atoms with van der Waals surface area (Å²) in [7, 11) is 0. The standard InChI is InChI=1S/C13H11F3N2O2/c14-13(15,16)10-1-2-11(9(5-10)6-17)18-12(19)8-3-4-20-7-8/h1-2,5,8H,3-4,7H2,(H,18,19). The first-order chi connectivity index (χ1) is 9.41. The lowest BCUT2D eigenvalue weighted by molar-refractivity contribution is -0.137. The van der Waals surface area contributed by atoms with Crippen molar-refractivity contribution in [2.45, 2.75) is 12.6 Å². The number of anilines is 1. The van der Waals surface area contributed by atoms with Crippen LogP contribution in [0.1, 0.15) is 17.5 Å². The summed E-state index contributed by atoms with van der Waals surface area (Å²) in [6, 6.07) is 4.31. The molecule has 0 bridgehead atoms. The molecular weight excluding hydrogens is 273 g/mol. The third-order valence-electron chi connectivity index (χ3n) is 3.03. The third kappa shape index (κ3) is 3.08. The second kappa shape index (κ2) is 5.51. The number of alkyl halides is 3. The van der Waals surface area contributed by atoms with Crippen LogP contribution in [-0.4, -0.2) is 19.1 Å². The van der Waals surface area contributed by atoms with Crippen molar-refractivity contribution in [2.24, 2.45) is 5.92 Å². The van der Waals surface area contributed by atoms with Crippen LogP contribution in [0.2, 0.25) is 0 Å². The van der Waals surface area contributed by atoms with Crippen LogP contribution in [0.5, 0.6) is 0 Å². The van der Waals surface area contributed by atoms with Crippen molar-refractivity contribution < 1.29 is 22.7 Å². The molecule has 1 fully saturated rings. The minimum absolute atomic E-state index is 0.0809. The highest BCUT2D eigenvalue weighted by Gasteiger charge is 2.31. The van der Waals surface area contributed by atoms with Crippen molar-refractivity contribution in [1.29, 1.82) is 5.26 Å². The number of nitriles is 1. The molecule has 1 aromatic rings. The number of nitrogens with zero attached hydrogens (tertiary/aromatic N) is 1. The van der Waals surface area contributed by atoms with Crippen LogP contribution in [-0.2, 0) is 15.7 Å². The van der Waals surface area contributed by atoms with E-state index in [1.807, 2.05) is 0 Å². The van der Waals surface area contributed by atoms with Gasteiger partial charge in [-0.1, -0.05) is 0 Å². The zero-order chi connectivity index (χ0) is 14.8. The van der Waals surface area contributed by atoms with Crippen LogP contribution in [0, 0.1) is 17.2 Å². The number of carbonyl (C=O) groups excluding carboxylic acids is 1. The predicted octanol–water partition coefficient (Wildman–Crippen LogP) is 2.55. The third-order valence-corrected chi connectivity index (χ3v) is 3.03. The Balaban J connectivity index is 2.20. The summed E-state index contributed by atoms with van der Waals surface area (Å²) < 4.78 is 42.7. The number of hydrogen-bond donors (Lipinski definition) is 1. The smallest absolute Gasteiger partial charge is 0.381 e. The quantitative estimate of drug-likeness (QED) is 0.907. The molecule has 4 nitrogen and oxygen atoms in total. The van der Waals surface area contributed by atoms with Gasteiger partial charge in [0.2, 0.25) is 5.91 Å². The van der Waals surface area contributed by atoms with E-state index < -0.39 is 11.7 Å². The topological polar surface area (TPSA) is 62.1 Å². The summed E-state index contributed by atoms with van der Waals surface area (Å²) in [5.74, 6) is -0.678. The number of amides is 1. The molecule has 1 aromatic carbocycles. The van der Waals surface area contributed by atoms with E-state index in [0.717, 1.165) is 18.2 Å². The average molecular weight is 284 g/mol. The molecule has 1 amide bonds. The van der Waals surface area contributed by atoms with Crippen LogP contribution < -0.4 is 5.32 Å². The number of carbonyl (C=O) groups is 1. The van der Waals surface area contributed by atoms with Gasteiger partial charge < -0.3 is 10.1 Å². The zero-order valence-corrected chi connectivity index (χ0v) is 10.3. The van der Waals surface area contributed by atoms with Gasteiger partial charge in [-0.3, -0.25) is 4.79 Å². The highest BCUT2D eigenvalue weighted by molar-refractivity contribution is 5.94. The molecule has 7 heteroatoms. The maximum atomic E-state index is 12.5. The Labute approximate surface area is 113 Å². The Kier molecular flexibility index (Phi) is 3.95. The monoisotopic (exact) mass is 284 g/mol. The van der Waals surface area contributed by atoms with Gasteiger partial charge in [0.05, 0.1) is 29.3 Å². The average Bonchev–Trinajstić information content (AvgIpc) is 2.91. The highest BCUT2D eigenvalue weighted by Crippen LogP contribution is 2.31. The maximum absolute atomic E-state index is 12.5. The molecule has 1 atom stereocenters. The van der Waals surface area contributed by atoms with Gasteiger partial charge in [-0.05, 0) is 24.6 Å². The van der Waals surface area contributed by atoms with E-state index in [4.69, 9.17) is 10.00 Å². The molecule has 0 aliphatic carbocycles. The van der Waals surface area contributed by atoms with Crippen molar-refractivity contribution >= 4 is 11.6 Å². The van der Waals surface area contributed by atoms with E-state index in [0.29, 0.717) is 13.0 Å². The molecule has 1 saturated heterocycles. The molecule has 1 N–H and O–H groups in total. The SMILES string of the molecule is N#Cc1cc(C(F)(F)F)ccc1NC(=O)C1CCOC1. The molecule has 1 heterocycles. The van der Waals surface area contributed by atoms with Crippen LogP contribution in [0.15, 0.2) is 18.2 Å². The van der Waals surface area contributed by atoms with Gasteiger partial charge in [-0.15, -0.1) is 0 Å². The molecule has 0 spiro atoms. The first-order valence-electron chi connectivity index (χ1n) is 5.92. The van der Waals surface area contributed by atoms with E-state index in [9.17, 15) is 18.0 Å². The first kappa shape index (κ1) is 14.3. The number of benzene rings is 1. The molecule has 0 radical (unpaired) electrons. The fourth-order valence-electron chi connectivity index (χ4n) is 1.90. The minimum Gasteiger partial charge on any atom is -0.381 e. The van der Waals surface area contributed by atoms with Crippen molar-refractivity contribution in [3.8, 4) is 6.07 Å². The maximum Gasteiger partial charge on any atom is 0.416 e. The molecule has 1 unspecified atom stereocenters. The van der Waals surface area contributed by atoms with Crippen LogP contribution in [0.25, 0.3) is 0 Å². The zero-order valence-electron chi connectivity index (χ0n) is 10.3. The van der Waals surface area contributed by atoms with Gasteiger partial charge >= 0.3 is 6.18 Å². The van der Waals surface area contributed by atoms with E-state index in [2.05, 4.69) is 5.32 Å². The lowest BCUT2D eigenvalue weighted by Gasteiger charge is -2.12. The number of halogens is 3. The van der Waals surface area contributed by atoms with Crippen molar-refractivity contribution in [3.05, 3.63) is 29.3 Å². The van der Waals surface area contributed by atoms with Crippen LogP contribution in [0.4, 0.5) is 18.9 Å². The number of ether oxygens (including phenoxy) is 1. The normalized spacial score (nSPS) is 18.6. The highest BCUT2D eigenvalue weighted by atomic mass is 19.4. The Morgan fingerprint density at radius 2 is 2.20 bits per heavy atom. The molecule has 20 heavy (non-hydrogen) atoms. The summed E-state index contributed by atoms with van der Waals surface area (Å²) in [6.45, 7) is 0.768. The van der Waals surface area contributed by atoms with Crippen molar-refractivity contribution in [2.75, 3.05) is 18.5 Å². The molecule has 0 aromatic heterocycles. The summed E-state index contributed by atoms with van der Waals surface area (Å²) in [4.78, 5) is 11.8. The van der Waals surface area contributed by atoms with Crippen LogP contribution >= 0.6 is 0 Å². The summed E-state index contributed by atoms with van der Waals surface area (Å²) in [5, 5.41) is 11.4. The molecular formula is C13H11F3N2O2. The van der Waals surface area contributed by atoms with E-state index in [1.165, 1.54) is 0 Å². The van der Waals surface area contributed by atoms with E-state index in [-0.39, 0.29) is 29.7 Å². The summed E-state index contributed by atoms with van der Waals surface area (Å²) in [6.07, 6.45) is -3.96. The Hall–Kier alpha value is -2.07. The van der Waals surface area contributed by atoms with Gasteiger partial charge in [0.15, 0.2) is 0 Å². The lowest BCUT2D eigenvalue weighted by atomic mass is 10.1. The fraction of sp³-hybridized carbons (Fsp3) is 0.385. The van der Waals surface area contributed by atoms with Crippen molar-refractivity contribution in [3.63, 3.8) is 0 Å².